The molecule has 0 spiro atoms. The van der Waals surface area contributed by atoms with Crippen molar-refractivity contribution in [2.24, 2.45) is 5.73 Å². The summed E-state index contributed by atoms with van der Waals surface area (Å²) in [4.78, 5) is 4.15. The van der Waals surface area contributed by atoms with Crippen molar-refractivity contribution in [3.8, 4) is 11.3 Å². The first-order valence-corrected chi connectivity index (χ1v) is 4.57. The van der Waals surface area contributed by atoms with E-state index in [9.17, 15) is 0 Å². The van der Waals surface area contributed by atoms with E-state index < -0.39 is 0 Å². The summed E-state index contributed by atoms with van der Waals surface area (Å²) in [7, 11) is 0. The summed E-state index contributed by atoms with van der Waals surface area (Å²) in [5, 5.41) is 0. The number of nitrogens with two attached hydrogens (primary N) is 1. The first-order valence-electron chi connectivity index (χ1n) is 4.57. The molecule has 0 unspecified atom stereocenters. The normalized spacial score (nSPS) is 10.6. The van der Waals surface area contributed by atoms with Gasteiger partial charge >= 0.3 is 0 Å². The van der Waals surface area contributed by atoms with Crippen molar-refractivity contribution >= 4 is 0 Å². The average molecular weight is 192 g/mol. The molecule has 2 heterocycles. The fourth-order valence-corrected chi connectivity index (χ4v) is 1.22. The molecule has 2 rings (SSSR count). The van der Waals surface area contributed by atoms with Crippen molar-refractivity contribution in [1.82, 2.24) is 4.98 Å². The first-order chi connectivity index (χ1) is 6.90. The Labute approximate surface area is 81.7 Å². The summed E-state index contributed by atoms with van der Waals surface area (Å²) in [5.74, 6) is 1.47. The molecule has 14 heavy (non-hydrogen) atoms. The molecular formula is C10H12N2O2. The lowest BCUT2D eigenvalue weighted by atomic mass is 10.3. The molecule has 4 nitrogen and oxygen atoms in total. The quantitative estimate of drug-likeness (QED) is 0.802. The van der Waals surface area contributed by atoms with E-state index in [-0.39, 0.29) is 0 Å². The Morgan fingerprint density at radius 1 is 1.43 bits per heavy atom. The molecule has 0 aliphatic rings. The second kappa shape index (κ2) is 4.11. The van der Waals surface area contributed by atoms with Gasteiger partial charge in [-0.25, -0.2) is 4.98 Å². The van der Waals surface area contributed by atoms with Crippen molar-refractivity contribution in [2.45, 2.75) is 12.8 Å². The monoisotopic (exact) mass is 192 g/mol. The van der Waals surface area contributed by atoms with Crippen LogP contribution in [0.25, 0.3) is 11.3 Å². The third-order valence-corrected chi connectivity index (χ3v) is 1.95. The van der Waals surface area contributed by atoms with Gasteiger partial charge in [-0.1, -0.05) is 0 Å². The third-order valence-electron chi connectivity index (χ3n) is 1.95. The molecule has 0 saturated heterocycles. The highest BCUT2D eigenvalue weighted by Crippen LogP contribution is 2.20. The van der Waals surface area contributed by atoms with Gasteiger partial charge < -0.3 is 14.6 Å². The van der Waals surface area contributed by atoms with E-state index in [1.807, 2.05) is 6.07 Å². The molecule has 0 atom stereocenters. The molecule has 0 amide bonds. The van der Waals surface area contributed by atoms with E-state index in [4.69, 9.17) is 14.6 Å². The number of rotatable bonds is 4. The molecule has 0 aliphatic carbocycles. The van der Waals surface area contributed by atoms with E-state index in [1.54, 1.807) is 18.7 Å². The number of nitrogens with zero attached hydrogens (tertiary/aromatic N) is 1. The summed E-state index contributed by atoms with van der Waals surface area (Å²) in [5.41, 5.74) is 6.31. The minimum atomic E-state index is 0.656. The number of aromatic nitrogens is 1. The van der Waals surface area contributed by atoms with Crippen LogP contribution in [0.5, 0.6) is 0 Å². The van der Waals surface area contributed by atoms with Crippen molar-refractivity contribution in [3.05, 3.63) is 30.7 Å². The molecule has 0 bridgehead atoms. The van der Waals surface area contributed by atoms with Crippen LogP contribution in [-0.2, 0) is 6.42 Å². The van der Waals surface area contributed by atoms with E-state index in [0.29, 0.717) is 6.54 Å². The van der Waals surface area contributed by atoms with Gasteiger partial charge in [0.05, 0.1) is 18.0 Å². The minimum Gasteiger partial charge on any atom is -0.472 e. The second-order valence-corrected chi connectivity index (χ2v) is 3.02. The van der Waals surface area contributed by atoms with Crippen LogP contribution in [0.2, 0.25) is 0 Å². The minimum absolute atomic E-state index is 0.656. The van der Waals surface area contributed by atoms with Crippen LogP contribution in [0.1, 0.15) is 12.3 Å². The number of furan rings is 1. The fraction of sp³-hybridized carbons (Fsp3) is 0.300. The van der Waals surface area contributed by atoms with E-state index in [2.05, 4.69) is 4.98 Å². The van der Waals surface area contributed by atoms with Gasteiger partial charge in [0.15, 0.2) is 11.7 Å². The Bertz CT molecular complexity index is 378. The second-order valence-electron chi connectivity index (χ2n) is 3.02. The predicted octanol–water partition coefficient (Wildman–Crippen LogP) is 1.83. The molecule has 0 fully saturated rings. The lowest BCUT2D eigenvalue weighted by molar-refractivity contribution is 0.498. The molecule has 2 aromatic rings. The van der Waals surface area contributed by atoms with Gasteiger partial charge in [-0.05, 0) is 19.0 Å². The average Bonchev–Trinajstić information content (AvgIpc) is 2.85. The molecule has 4 heteroatoms. The Hall–Kier alpha value is -1.55. The summed E-state index contributed by atoms with van der Waals surface area (Å²) < 4.78 is 10.5. The van der Waals surface area contributed by atoms with Gasteiger partial charge in [0, 0.05) is 6.42 Å². The van der Waals surface area contributed by atoms with Crippen LogP contribution in [0.4, 0.5) is 0 Å². The van der Waals surface area contributed by atoms with Gasteiger partial charge in [0.1, 0.15) is 6.26 Å². The van der Waals surface area contributed by atoms with Gasteiger partial charge in [0.2, 0.25) is 0 Å². The van der Waals surface area contributed by atoms with Gasteiger partial charge in [0.25, 0.3) is 0 Å². The highest BCUT2D eigenvalue weighted by Gasteiger charge is 2.06. The van der Waals surface area contributed by atoms with Gasteiger partial charge in [-0.3, -0.25) is 0 Å². The first kappa shape index (κ1) is 9.02. The molecule has 0 saturated carbocycles. The smallest absolute Gasteiger partial charge is 0.194 e. The summed E-state index contributed by atoms with van der Waals surface area (Å²) in [6, 6.07) is 1.84. The van der Waals surface area contributed by atoms with Crippen LogP contribution in [0.15, 0.2) is 33.6 Å². The fourth-order valence-electron chi connectivity index (χ4n) is 1.22. The van der Waals surface area contributed by atoms with E-state index in [1.165, 1.54) is 0 Å². The zero-order chi connectivity index (χ0) is 9.80. The largest absolute Gasteiger partial charge is 0.472 e. The zero-order valence-electron chi connectivity index (χ0n) is 7.77. The van der Waals surface area contributed by atoms with Crippen molar-refractivity contribution < 1.29 is 8.83 Å². The Morgan fingerprint density at radius 2 is 2.36 bits per heavy atom. The Morgan fingerprint density at radius 3 is 3.07 bits per heavy atom. The third kappa shape index (κ3) is 1.85. The maximum atomic E-state index is 5.50. The number of oxazole rings is 1. The van der Waals surface area contributed by atoms with Crippen LogP contribution < -0.4 is 5.73 Å². The van der Waals surface area contributed by atoms with Gasteiger partial charge in [-0.15, -0.1) is 0 Å². The van der Waals surface area contributed by atoms with E-state index in [0.717, 1.165) is 30.1 Å². The van der Waals surface area contributed by atoms with Crippen LogP contribution in [0, 0.1) is 0 Å². The number of hydrogen-bond acceptors (Lipinski definition) is 4. The molecule has 0 aromatic carbocycles. The molecule has 0 radical (unpaired) electrons. The lowest BCUT2D eigenvalue weighted by Crippen LogP contribution is -2.00. The van der Waals surface area contributed by atoms with Crippen molar-refractivity contribution in [1.29, 1.82) is 0 Å². The zero-order valence-corrected chi connectivity index (χ0v) is 7.77. The highest BCUT2D eigenvalue weighted by molar-refractivity contribution is 5.53. The van der Waals surface area contributed by atoms with Crippen LogP contribution in [-0.4, -0.2) is 11.5 Å². The van der Waals surface area contributed by atoms with Crippen LogP contribution >= 0.6 is 0 Å². The Balaban J connectivity index is 2.10. The summed E-state index contributed by atoms with van der Waals surface area (Å²) in [6.45, 7) is 0.656. The topological polar surface area (TPSA) is 65.2 Å². The van der Waals surface area contributed by atoms with Crippen LogP contribution in [0.3, 0.4) is 0 Å². The Kier molecular flexibility index (Phi) is 2.65. The van der Waals surface area contributed by atoms with E-state index >= 15 is 0 Å². The summed E-state index contributed by atoms with van der Waals surface area (Å²) >= 11 is 0. The molecule has 2 N–H and O–H groups in total. The maximum Gasteiger partial charge on any atom is 0.194 e. The lowest BCUT2D eigenvalue weighted by Gasteiger charge is -1.91. The molecule has 74 valence electrons. The standard InChI is InChI=1S/C10H12N2O2/c11-4-1-2-10-12-6-9(14-10)8-3-5-13-7-8/h3,5-7H,1-2,4,11H2. The van der Waals surface area contributed by atoms with Gasteiger partial charge in [-0.2, -0.15) is 0 Å². The SMILES string of the molecule is NCCCc1ncc(-c2ccoc2)o1. The van der Waals surface area contributed by atoms with Crippen molar-refractivity contribution in [3.63, 3.8) is 0 Å². The number of aryl methyl sites for hydroxylation is 1. The maximum absolute atomic E-state index is 5.50. The molecule has 2 aromatic heterocycles. The molecular weight excluding hydrogens is 180 g/mol. The predicted molar refractivity (Wildman–Crippen MR) is 51.6 cm³/mol. The number of hydrogen-bond donors (Lipinski definition) is 1. The molecule has 0 aliphatic heterocycles. The van der Waals surface area contributed by atoms with Crippen molar-refractivity contribution in [2.75, 3.05) is 6.54 Å². The highest BCUT2D eigenvalue weighted by atomic mass is 16.4. The summed E-state index contributed by atoms with van der Waals surface area (Å²) in [6.07, 6.45) is 6.63.